The van der Waals surface area contributed by atoms with E-state index in [1.54, 1.807) is 18.2 Å². The number of hydrogen-bond acceptors (Lipinski definition) is 4. The molecule has 0 saturated carbocycles. The summed E-state index contributed by atoms with van der Waals surface area (Å²) in [6.45, 7) is 1.60. The molecule has 3 N–H and O–H groups in total. The first-order valence-electron chi connectivity index (χ1n) is 6.00. The van der Waals surface area contributed by atoms with Gasteiger partial charge in [0, 0.05) is 19.7 Å². The number of anilines is 1. The Morgan fingerprint density at radius 3 is 2.78 bits per heavy atom. The number of aliphatic hydroxyl groups excluding tert-OH is 1. The lowest BCUT2D eigenvalue weighted by Gasteiger charge is -2.34. The molecule has 6 heteroatoms. The van der Waals surface area contributed by atoms with Crippen molar-refractivity contribution < 1.29 is 13.5 Å². The Hall–Kier alpha value is -1.11. The van der Waals surface area contributed by atoms with E-state index >= 15 is 0 Å². The van der Waals surface area contributed by atoms with Crippen LogP contribution in [-0.2, 0) is 10.0 Å². The largest absolute Gasteiger partial charge is 0.396 e. The van der Waals surface area contributed by atoms with Crippen molar-refractivity contribution >= 4 is 15.7 Å². The number of sulfonamides is 1. The second kappa shape index (κ2) is 5.26. The molecule has 100 valence electrons. The van der Waals surface area contributed by atoms with Crippen molar-refractivity contribution in [2.75, 3.05) is 24.6 Å². The summed E-state index contributed by atoms with van der Waals surface area (Å²) in [5, 5.41) is 14.4. The van der Waals surface area contributed by atoms with Crippen LogP contribution in [0.1, 0.15) is 12.8 Å². The highest BCUT2D eigenvalue weighted by atomic mass is 32.2. The molecule has 1 atom stereocenters. The van der Waals surface area contributed by atoms with Crippen LogP contribution in [0.4, 0.5) is 5.69 Å². The van der Waals surface area contributed by atoms with Gasteiger partial charge in [-0.1, -0.05) is 12.1 Å². The van der Waals surface area contributed by atoms with Crippen molar-refractivity contribution in [2.24, 2.45) is 11.1 Å². The second-order valence-corrected chi connectivity index (χ2v) is 6.18. The van der Waals surface area contributed by atoms with Crippen LogP contribution in [0, 0.1) is 5.92 Å². The van der Waals surface area contributed by atoms with Gasteiger partial charge in [-0.2, -0.15) is 0 Å². The molecule has 0 bridgehead atoms. The van der Waals surface area contributed by atoms with Crippen LogP contribution >= 0.6 is 0 Å². The Balaban J connectivity index is 2.33. The van der Waals surface area contributed by atoms with Crippen molar-refractivity contribution in [3.63, 3.8) is 0 Å². The molecule has 2 rings (SSSR count). The molecule has 0 amide bonds. The third-order valence-electron chi connectivity index (χ3n) is 3.29. The molecule has 0 radical (unpaired) electrons. The highest BCUT2D eigenvalue weighted by molar-refractivity contribution is 7.89. The molecule has 1 aliphatic rings. The number of primary sulfonamides is 1. The first-order valence-corrected chi connectivity index (χ1v) is 7.54. The van der Waals surface area contributed by atoms with Gasteiger partial charge in [0.2, 0.25) is 10.0 Å². The molecular formula is C12H18N2O3S. The molecule has 5 nitrogen and oxygen atoms in total. The summed E-state index contributed by atoms with van der Waals surface area (Å²) in [6, 6.07) is 6.75. The lowest BCUT2D eigenvalue weighted by atomic mass is 9.98. The van der Waals surface area contributed by atoms with E-state index in [1.807, 2.05) is 4.90 Å². The third-order valence-corrected chi connectivity index (χ3v) is 4.25. The minimum Gasteiger partial charge on any atom is -0.396 e. The predicted octanol–water partition coefficient (Wildman–Crippen LogP) is 0.543. The monoisotopic (exact) mass is 270 g/mol. The van der Waals surface area contributed by atoms with Gasteiger partial charge < -0.3 is 10.0 Å². The van der Waals surface area contributed by atoms with Crippen LogP contribution in [0.25, 0.3) is 0 Å². The molecule has 1 saturated heterocycles. The van der Waals surface area contributed by atoms with E-state index in [0.29, 0.717) is 12.2 Å². The zero-order chi connectivity index (χ0) is 13.2. The Morgan fingerprint density at radius 2 is 2.11 bits per heavy atom. The van der Waals surface area contributed by atoms with Crippen LogP contribution < -0.4 is 10.0 Å². The molecule has 1 aromatic carbocycles. The maximum Gasteiger partial charge on any atom is 0.240 e. The quantitative estimate of drug-likeness (QED) is 0.840. The van der Waals surface area contributed by atoms with Gasteiger partial charge in [-0.05, 0) is 30.9 Å². The van der Waals surface area contributed by atoms with Gasteiger partial charge in [-0.3, -0.25) is 0 Å². The normalized spacial score (nSPS) is 21.0. The first kappa shape index (κ1) is 13.3. The molecule has 0 spiro atoms. The minimum atomic E-state index is -3.71. The van der Waals surface area contributed by atoms with E-state index in [0.717, 1.165) is 19.4 Å². The van der Waals surface area contributed by atoms with Gasteiger partial charge in [0.1, 0.15) is 4.90 Å². The zero-order valence-corrected chi connectivity index (χ0v) is 10.9. The molecule has 18 heavy (non-hydrogen) atoms. The summed E-state index contributed by atoms with van der Waals surface area (Å²) < 4.78 is 23.1. The Bertz CT molecular complexity index is 516. The van der Waals surface area contributed by atoms with Crippen molar-refractivity contribution in [2.45, 2.75) is 17.7 Å². The molecule has 1 aromatic rings. The van der Waals surface area contributed by atoms with Crippen LogP contribution in [0.5, 0.6) is 0 Å². The standard InChI is InChI=1S/C12H18N2O3S/c13-18(16,17)12-6-2-1-5-11(12)14-7-3-4-10(8-14)9-15/h1-2,5-6,10,15H,3-4,7-9H2,(H2,13,16,17). The third kappa shape index (κ3) is 2.82. The molecule has 1 fully saturated rings. The number of piperidine rings is 1. The fourth-order valence-electron chi connectivity index (χ4n) is 2.39. The summed E-state index contributed by atoms with van der Waals surface area (Å²) in [5.41, 5.74) is 0.637. The second-order valence-electron chi connectivity index (χ2n) is 4.65. The smallest absolute Gasteiger partial charge is 0.240 e. The average molecular weight is 270 g/mol. The SMILES string of the molecule is NS(=O)(=O)c1ccccc1N1CCCC(CO)C1. The highest BCUT2D eigenvalue weighted by Gasteiger charge is 2.23. The molecule has 0 aliphatic carbocycles. The van der Waals surface area contributed by atoms with Gasteiger partial charge in [0.05, 0.1) is 5.69 Å². The maximum absolute atomic E-state index is 11.5. The summed E-state index contributed by atoms with van der Waals surface area (Å²) in [5.74, 6) is 0.201. The molecule has 1 aliphatic heterocycles. The van der Waals surface area contributed by atoms with Gasteiger partial charge >= 0.3 is 0 Å². The number of hydrogen-bond donors (Lipinski definition) is 2. The summed E-state index contributed by atoms with van der Waals surface area (Å²) >= 11 is 0. The topological polar surface area (TPSA) is 83.6 Å². The maximum atomic E-state index is 11.5. The van der Waals surface area contributed by atoms with E-state index in [-0.39, 0.29) is 17.4 Å². The Morgan fingerprint density at radius 1 is 1.39 bits per heavy atom. The van der Waals surface area contributed by atoms with Crippen LogP contribution in [0.2, 0.25) is 0 Å². The van der Waals surface area contributed by atoms with E-state index in [2.05, 4.69) is 0 Å². The Kier molecular flexibility index (Phi) is 3.89. The van der Waals surface area contributed by atoms with E-state index in [1.165, 1.54) is 6.07 Å². The number of aliphatic hydroxyl groups is 1. The lowest BCUT2D eigenvalue weighted by Crippen LogP contribution is -2.37. The summed E-state index contributed by atoms with van der Waals surface area (Å²) in [6.07, 6.45) is 1.93. The molecule has 1 heterocycles. The summed E-state index contributed by atoms with van der Waals surface area (Å²) in [4.78, 5) is 2.15. The molecule has 1 unspecified atom stereocenters. The van der Waals surface area contributed by atoms with Gasteiger partial charge in [0.15, 0.2) is 0 Å². The lowest BCUT2D eigenvalue weighted by molar-refractivity contribution is 0.208. The van der Waals surface area contributed by atoms with E-state index in [4.69, 9.17) is 5.14 Å². The van der Waals surface area contributed by atoms with Gasteiger partial charge in [-0.25, -0.2) is 13.6 Å². The van der Waals surface area contributed by atoms with Crippen molar-refractivity contribution in [1.29, 1.82) is 0 Å². The fourth-order valence-corrected chi connectivity index (χ4v) is 3.15. The number of nitrogens with zero attached hydrogens (tertiary/aromatic N) is 1. The summed E-state index contributed by atoms with van der Waals surface area (Å²) in [7, 11) is -3.71. The van der Waals surface area contributed by atoms with E-state index in [9.17, 15) is 13.5 Å². The van der Waals surface area contributed by atoms with E-state index < -0.39 is 10.0 Å². The number of benzene rings is 1. The van der Waals surface area contributed by atoms with Gasteiger partial charge in [-0.15, -0.1) is 0 Å². The fraction of sp³-hybridized carbons (Fsp3) is 0.500. The van der Waals surface area contributed by atoms with Gasteiger partial charge in [0.25, 0.3) is 0 Å². The number of nitrogens with two attached hydrogens (primary N) is 1. The molecular weight excluding hydrogens is 252 g/mol. The van der Waals surface area contributed by atoms with Crippen LogP contribution in [0.3, 0.4) is 0 Å². The zero-order valence-electron chi connectivity index (χ0n) is 10.1. The first-order chi connectivity index (χ1) is 8.52. The molecule has 0 aromatic heterocycles. The predicted molar refractivity (Wildman–Crippen MR) is 69.8 cm³/mol. The van der Waals surface area contributed by atoms with Crippen LogP contribution in [0.15, 0.2) is 29.2 Å². The minimum absolute atomic E-state index is 0.133. The highest BCUT2D eigenvalue weighted by Crippen LogP contribution is 2.28. The van der Waals surface area contributed by atoms with Crippen molar-refractivity contribution in [3.8, 4) is 0 Å². The number of rotatable bonds is 3. The Labute approximate surface area is 107 Å². The average Bonchev–Trinajstić information content (AvgIpc) is 2.38. The van der Waals surface area contributed by atoms with Crippen molar-refractivity contribution in [3.05, 3.63) is 24.3 Å². The number of para-hydroxylation sites is 1. The van der Waals surface area contributed by atoms with Crippen molar-refractivity contribution in [1.82, 2.24) is 0 Å². The van der Waals surface area contributed by atoms with Crippen LogP contribution in [-0.4, -0.2) is 33.2 Å².